The predicted molar refractivity (Wildman–Crippen MR) is 98.5 cm³/mol. The highest BCUT2D eigenvalue weighted by molar-refractivity contribution is 7.91. The lowest BCUT2D eigenvalue weighted by Gasteiger charge is -2.04. The fraction of sp³-hybridized carbons (Fsp3) is 0. The molecule has 0 atom stereocenters. The number of anilines is 1. The summed E-state index contributed by atoms with van der Waals surface area (Å²) >= 11 is 5.76. The molecule has 0 aliphatic heterocycles. The van der Waals surface area contributed by atoms with E-state index in [-0.39, 0.29) is 15.7 Å². The van der Waals surface area contributed by atoms with E-state index in [2.05, 4.69) is 5.32 Å². The zero-order valence-corrected chi connectivity index (χ0v) is 15.3. The van der Waals surface area contributed by atoms with Crippen LogP contribution in [0, 0.1) is 0 Å². The maximum Gasteiger partial charge on any atom is 0.291 e. The van der Waals surface area contributed by atoms with Gasteiger partial charge in [-0.1, -0.05) is 11.6 Å². The number of halogens is 1. The van der Waals surface area contributed by atoms with Gasteiger partial charge in [-0.2, -0.15) is 0 Å². The minimum atomic E-state index is -3.91. The van der Waals surface area contributed by atoms with Gasteiger partial charge in [-0.25, -0.2) is 8.42 Å². The highest BCUT2D eigenvalue weighted by Crippen LogP contribution is 2.24. The number of carbonyl (C=O) groups excluding carboxylic acids is 2. The molecule has 1 aromatic heterocycles. The van der Waals surface area contributed by atoms with Crippen LogP contribution in [-0.4, -0.2) is 20.2 Å². The summed E-state index contributed by atoms with van der Waals surface area (Å²) in [6.07, 6.45) is 0. The van der Waals surface area contributed by atoms with Crippen molar-refractivity contribution in [1.29, 1.82) is 0 Å². The lowest BCUT2D eigenvalue weighted by molar-refractivity contribution is 0.0988. The van der Waals surface area contributed by atoms with Gasteiger partial charge in [-0.05, 0) is 60.7 Å². The van der Waals surface area contributed by atoms with E-state index in [1.54, 1.807) is 0 Å². The zero-order chi connectivity index (χ0) is 19.6. The van der Waals surface area contributed by atoms with Crippen molar-refractivity contribution in [3.8, 4) is 0 Å². The van der Waals surface area contributed by atoms with Crippen LogP contribution in [0.5, 0.6) is 0 Å². The van der Waals surface area contributed by atoms with Crippen LogP contribution in [0.3, 0.4) is 0 Å². The van der Waals surface area contributed by atoms with Crippen LogP contribution in [0.25, 0.3) is 0 Å². The highest BCUT2D eigenvalue weighted by Gasteiger charge is 2.23. The Hall–Kier alpha value is -3.10. The average molecular weight is 405 g/mol. The van der Waals surface area contributed by atoms with Crippen LogP contribution in [0.2, 0.25) is 5.02 Å². The maximum atomic E-state index is 12.5. The van der Waals surface area contributed by atoms with E-state index in [0.29, 0.717) is 16.3 Å². The number of nitrogens with two attached hydrogens (primary N) is 1. The van der Waals surface area contributed by atoms with Gasteiger partial charge in [0.1, 0.15) is 0 Å². The summed E-state index contributed by atoms with van der Waals surface area (Å²) in [4.78, 5) is 23.3. The molecule has 0 unspecified atom stereocenters. The Kier molecular flexibility index (Phi) is 5.02. The molecule has 9 heteroatoms. The number of nitrogens with one attached hydrogen (secondary N) is 1. The fourth-order valence-electron chi connectivity index (χ4n) is 2.23. The molecule has 3 rings (SSSR count). The minimum Gasteiger partial charge on any atom is -0.439 e. The first kappa shape index (κ1) is 18.7. The van der Waals surface area contributed by atoms with Crippen LogP contribution in [0.15, 0.2) is 75.1 Å². The summed E-state index contributed by atoms with van der Waals surface area (Å²) in [5, 5.41) is 2.58. The third-order valence-corrected chi connectivity index (χ3v) is 5.52. The Bertz CT molecular complexity index is 1100. The smallest absolute Gasteiger partial charge is 0.291 e. The number of primary amides is 1. The largest absolute Gasteiger partial charge is 0.439 e. The second kappa shape index (κ2) is 7.26. The van der Waals surface area contributed by atoms with Crippen molar-refractivity contribution in [1.82, 2.24) is 0 Å². The SMILES string of the molecule is NC(=O)c1ccc(NC(=O)c2ccc(S(=O)(=O)c3ccc(Cl)cc3)o2)cc1. The van der Waals surface area contributed by atoms with Gasteiger partial charge < -0.3 is 15.5 Å². The molecule has 0 radical (unpaired) electrons. The molecular formula is C18H13ClN2O5S. The normalized spacial score (nSPS) is 11.1. The molecule has 0 fully saturated rings. The molecule has 0 bridgehead atoms. The number of carbonyl (C=O) groups is 2. The summed E-state index contributed by atoms with van der Waals surface area (Å²) in [6, 6.07) is 13.9. The molecule has 27 heavy (non-hydrogen) atoms. The van der Waals surface area contributed by atoms with Crippen LogP contribution in [-0.2, 0) is 9.84 Å². The Morgan fingerprint density at radius 1 is 0.926 bits per heavy atom. The molecule has 2 aromatic carbocycles. The number of hydrogen-bond acceptors (Lipinski definition) is 5. The number of sulfone groups is 1. The van der Waals surface area contributed by atoms with Crippen LogP contribution >= 0.6 is 11.6 Å². The van der Waals surface area contributed by atoms with E-state index in [9.17, 15) is 18.0 Å². The first-order valence-electron chi connectivity index (χ1n) is 7.59. The molecule has 0 saturated carbocycles. The minimum absolute atomic E-state index is 0.00440. The van der Waals surface area contributed by atoms with Crippen molar-refractivity contribution in [2.24, 2.45) is 5.73 Å². The van der Waals surface area contributed by atoms with Crippen molar-refractivity contribution in [3.63, 3.8) is 0 Å². The lowest BCUT2D eigenvalue weighted by atomic mass is 10.2. The number of hydrogen-bond donors (Lipinski definition) is 2. The van der Waals surface area contributed by atoms with Gasteiger partial charge in [-0.15, -0.1) is 0 Å². The molecule has 7 nitrogen and oxygen atoms in total. The van der Waals surface area contributed by atoms with Gasteiger partial charge in [0.05, 0.1) is 4.90 Å². The van der Waals surface area contributed by atoms with Crippen LogP contribution < -0.4 is 11.1 Å². The van der Waals surface area contributed by atoms with Gasteiger partial charge in [-0.3, -0.25) is 9.59 Å². The summed E-state index contributed by atoms with van der Waals surface area (Å²) in [6.45, 7) is 0. The van der Waals surface area contributed by atoms with Crippen LogP contribution in [0.4, 0.5) is 5.69 Å². The molecule has 1 heterocycles. The van der Waals surface area contributed by atoms with E-state index >= 15 is 0 Å². The molecule has 138 valence electrons. The van der Waals surface area contributed by atoms with Crippen molar-refractivity contribution < 1.29 is 22.4 Å². The van der Waals surface area contributed by atoms with Gasteiger partial charge >= 0.3 is 0 Å². The monoisotopic (exact) mass is 404 g/mol. The molecule has 0 aliphatic carbocycles. The van der Waals surface area contributed by atoms with Crippen molar-refractivity contribution in [3.05, 3.63) is 77.0 Å². The lowest BCUT2D eigenvalue weighted by Crippen LogP contribution is -2.13. The first-order valence-corrected chi connectivity index (χ1v) is 9.45. The standard InChI is InChI=1S/C18H13ClN2O5S/c19-12-3-7-14(8-4-12)27(24,25)16-10-9-15(26-16)18(23)21-13-5-1-11(2-6-13)17(20)22/h1-10H,(H2,20,22)(H,21,23). The highest BCUT2D eigenvalue weighted by atomic mass is 35.5. The molecule has 0 saturated heterocycles. The summed E-state index contributed by atoms with van der Waals surface area (Å²) in [5.74, 6) is -1.41. The van der Waals surface area contributed by atoms with Crippen molar-refractivity contribution in [2.75, 3.05) is 5.32 Å². The molecule has 0 spiro atoms. The van der Waals surface area contributed by atoms with E-state index < -0.39 is 21.7 Å². The molecule has 3 N–H and O–H groups in total. The van der Waals surface area contributed by atoms with Crippen LogP contribution in [0.1, 0.15) is 20.9 Å². The molecular weight excluding hydrogens is 392 g/mol. The van der Waals surface area contributed by atoms with Crippen molar-refractivity contribution in [2.45, 2.75) is 9.99 Å². The average Bonchev–Trinajstić information content (AvgIpc) is 3.14. The predicted octanol–water partition coefficient (Wildman–Crippen LogP) is 3.12. The quantitative estimate of drug-likeness (QED) is 0.677. The second-order valence-electron chi connectivity index (χ2n) is 5.47. The molecule has 2 amide bonds. The Morgan fingerprint density at radius 2 is 1.56 bits per heavy atom. The number of amides is 2. The topological polar surface area (TPSA) is 119 Å². The maximum absolute atomic E-state index is 12.5. The second-order valence-corrected chi connectivity index (χ2v) is 7.79. The summed E-state index contributed by atoms with van der Waals surface area (Å²) in [5.41, 5.74) is 5.84. The Balaban J connectivity index is 1.79. The van der Waals surface area contributed by atoms with Gasteiger partial charge in [0.2, 0.25) is 20.8 Å². The number of furan rings is 1. The fourth-order valence-corrected chi connectivity index (χ4v) is 3.53. The van der Waals surface area contributed by atoms with E-state index in [1.807, 2.05) is 0 Å². The third kappa shape index (κ3) is 4.02. The summed E-state index contributed by atoms with van der Waals surface area (Å²) in [7, 11) is -3.91. The van der Waals surface area contributed by atoms with Gasteiger partial charge in [0.25, 0.3) is 5.91 Å². The Morgan fingerprint density at radius 3 is 2.15 bits per heavy atom. The number of benzene rings is 2. The molecule has 0 aliphatic rings. The van der Waals surface area contributed by atoms with Gasteiger partial charge in [0, 0.05) is 16.3 Å². The zero-order valence-electron chi connectivity index (χ0n) is 13.7. The van der Waals surface area contributed by atoms with E-state index in [4.69, 9.17) is 21.8 Å². The Labute approximate surface area is 159 Å². The number of rotatable bonds is 5. The summed E-state index contributed by atoms with van der Waals surface area (Å²) < 4.78 is 30.3. The first-order chi connectivity index (χ1) is 12.8. The van der Waals surface area contributed by atoms with Crippen molar-refractivity contribution >= 4 is 38.9 Å². The molecule has 3 aromatic rings. The van der Waals surface area contributed by atoms with E-state index in [0.717, 1.165) is 0 Å². The van der Waals surface area contributed by atoms with Gasteiger partial charge in [0.15, 0.2) is 5.76 Å². The third-order valence-electron chi connectivity index (χ3n) is 3.62. The van der Waals surface area contributed by atoms with E-state index in [1.165, 1.54) is 60.7 Å².